The summed E-state index contributed by atoms with van der Waals surface area (Å²) in [6.45, 7) is 3.65. The molecule has 1 aliphatic heterocycles. The van der Waals surface area contributed by atoms with Crippen LogP contribution in [0.3, 0.4) is 0 Å². The van der Waals surface area contributed by atoms with E-state index in [1.165, 1.54) is 5.56 Å². The number of hydrogen-bond acceptors (Lipinski definition) is 4. The van der Waals surface area contributed by atoms with Crippen LogP contribution in [0.2, 0.25) is 10.0 Å². The Morgan fingerprint density at radius 3 is 2.26 bits per heavy atom. The van der Waals surface area contributed by atoms with Gasteiger partial charge in [-0.05, 0) is 17.7 Å². The summed E-state index contributed by atoms with van der Waals surface area (Å²) >= 11 is 12.2. The molecule has 1 saturated heterocycles. The van der Waals surface area contributed by atoms with Crippen LogP contribution in [0.4, 0.5) is 5.69 Å². The van der Waals surface area contributed by atoms with E-state index in [4.69, 9.17) is 27.9 Å². The number of phenolic OH excluding ortho intramolecular Hbond substituents is 1. The van der Waals surface area contributed by atoms with Gasteiger partial charge in [0.1, 0.15) is 0 Å². The topological polar surface area (TPSA) is 35.9 Å². The van der Waals surface area contributed by atoms with E-state index in [1.807, 2.05) is 18.2 Å². The molecular formula is C17H18Cl2N2O2. The maximum atomic E-state index is 9.80. The smallest absolute Gasteiger partial charge is 0.152 e. The van der Waals surface area contributed by atoms with Gasteiger partial charge in [0.05, 0.1) is 35.5 Å². The zero-order valence-corrected chi connectivity index (χ0v) is 14.1. The number of hydrazine groups is 1. The van der Waals surface area contributed by atoms with Crippen LogP contribution < -0.4 is 5.01 Å². The number of benzene rings is 2. The van der Waals surface area contributed by atoms with Gasteiger partial charge in [0.25, 0.3) is 0 Å². The van der Waals surface area contributed by atoms with Crippen molar-refractivity contribution < 1.29 is 9.84 Å². The van der Waals surface area contributed by atoms with Gasteiger partial charge < -0.3 is 14.9 Å². The highest BCUT2D eigenvalue weighted by molar-refractivity contribution is 6.37. The van der Waals surface area contributed by atoms with Crippen molar-refractivity contribution in [3.05, 3.63) is 58.1 Å². The second-order valence-corrected chi connectivity index (χ2v) is 6.18. The van der Waals surface area contributed by atoms with Crippen molar-refractivity contribution in [1.82, 2.24) is 5.01 Å². The predicted molar refractivity (Wildman–Crippen MR) is 93.1 cm³/mol. The summed E-state index contributed by atoms with van der Waals surface area (Å²) in [7, 11) is 0. The Balaban J connectivity index is 1.94. The number of aromatic hydroxyl groups is 1. The largest absolute Gasteiger partial charge is 0.505 e. The Morgan fingerprint density at radius 2 is 1.65 bits per heavy atom. The molecule has 0 amide bonds. The molecule has 1 aliphatic rings. The molecule has 23 heavy (non-hydrogen) atoms. The fourth-order valence-electron chi connectivity index (χ4n) is 2.61. The lowest BCUT2D eigenvalue weighted by Crippen LogP contribution is -2.48. The summed E-state index contributed by atoms with van der Waals surface area (Å²) in [4.78, 5) is 0. The molecule has 6 heteroatoms. The molecule has 0 radical (unpaired) electrons. The molecular weight excluding hydrogens is 335 g/mol. The van der Waals surface area contributed by atoms with Crippen molar-refractivity contribution in [2.75, 3.05) is 31.3 Å². The van der Waals surface area contributed by atoms with Crippen LogP contribution in [0, 0.1) is 0 Å². The zero-order valence-electron chi connectivity index (χ0n) is 12.6. The van der Waals surface area contributed by atoms with Crippen molar-refractivity contribution in [2.24, 2.45) is 0 Å². The fraction of sp³-hybridized carbons (Fsp3) is 0.294. The molecule has 1 N–H and O–H groups in total. The molecule has 3 rings (SSSR count). The van der Waals surface area contributed by atoms with Crippen LogP contribution in [-0.4, -0.2) is 36.4 Å². The Kier molecular flexibility index (Phi) is 5.28. The summed E-state index contributed by atoms with van der Waals surface area (Å²) in [5, 5.41) is 14.6. The predicted octanol–water partition coefficient (Wildman–Crippen LogP) is 3.95. The summed E-state index contributed by atoms with van der Waals surface area (Å²) < 4.78 is 5.44. The lowest BCUT2D eigenvalue weighted by atomic mass is 10.2. The van der Waals surface area contributed by atoms with Crippen LogP contribution in [0.1, 0.15) is 5.56 Å². The number of nitrogens with zero attached hydrogens (tertiary/aromatic N) is 2. The van der Waals surface area contributed by atoms with Gasteiger partial charge in [0, 0.05) is 13.1 Å². The number of phenols is 1. The van der Waals surface area contributed by atoms with Crippen molar-refractivity contribution in [1.29, 1.82) is 0 Å². The van der Waals surface area contributed by atoms with Crippen LogP contribution in [0.15, 0.2) is 42.5 Å². The van der Waals surface area contributed by atoms with E-state index in [1.54, 1.807) is 12.1 Å². The van der Waals surface area contributed by atoms with Crippen molar-refractivity contribution in [2.45, 2.75) is 6.54 Å². The molecule has 2 aromatic carbocycles. The standard InChI is InChI=1S/C17H18Cl2N2O2/c18-15-10-14(11-16(19)17(15)22)21(20-6-8-23-9-7-20)12-13-4-2-1-3-5-13/h1-5,10-11,22H,6-9,12H2. The molecule has 0 saturated carbocycles. The first-order valence-electron chi connectivity index (χ1n) is 7.47. The third-order valence-electron chi connectivity index (χ3n) is 3.80. The van der Waals surface area contributed by atoms with Gasteiger partial charge in [-0.25, -0.2) is 5.01 Å². The third-order valence-corrected chi connectivity index (χ3v) is 4.38. The van der Waals surface area contributed by atoms with E-state index in [0.717, 1.165) is 18.8 Å². The van der Waals surface area contributed by atoms with Gasteiger partial charge in [-0.2, -0.15) is 0 Å². The Labute approximate surface area is 145 Å². The third kappa shape index (κ3) is 3.90. The van der Waals surface area contributed by atoms with E-state index in [9.17, 15) is 5.11 Å². The Bertz CT molecular complexity index is 638. The number of anilines is 1. The molecule has 0 aromatic heterocycles. The SMILES string of the molecule is Oc1c(Cl)cc(N(Cc2ccccc2)N2CCOCC2)cc1Cl. The molecule has 122 valence electrons. The lowest BCUT2D eigenvalue weighted by molar-refractivity contribution is 0.0307. The van der Waals surface area contributed by atoms with E-state index < -0.39 is 0 Å². The normalized spacial score (nSPS) is 15.6. The minimum atomic E-state index is -0.0845. The maximum Gasteiger partial charge on any atom is 0.152 e. The van der Waals surface area contributed by atoms with E-state index >= 15 is 0 Å². The number of rotatable bonds is 4. The number of morpholine rings is 1. The highest BCUT2D eigenvalue weighted by atomic mass is 35.5. The van der Waals surface area contributed by atoms with Crippen LogP contribution >= 0.6 is 23.2 Å². The molecule has 4 nitrogen and oxygen atoms in total. The summed E-state index contributed by atoms with van der Waals surface area (Å²) in [6.07, 6.45) is 0. The fourth-order valence-corrected chi connectivity index (χ4v) is 3.08. The molecule has 0 bridgehead atoms. The molecule has 1 fully saturated rings. The van der Waals surface area contributed by atoms with E-state index in [0.29, 0.717) is 19.8 Å². The molecule has 0 spiro atoms. The zero-order chi connectivity index (χ0) is 16.2. The second kappa shape index (κ2) is 7.41. The van der Waals surface area contributed by atoms with Crippen LogP contribution in [0.5, 0.6) is 5.75 Å². The van der Waals surface area contributed by atoms with Crippen molar-refractivity contribution in [3.8, 4) is 5.75 Å². The average Bonchev–Trinajstić information content (AvgIpc) is 2.59. The summed E-state index contributed by atoms with van der Waals surface area (Å²) in [5.41, 5.74) is 2.03. The van der Waals surface area contributed by atoms with Gasteiger partial charge in [0.2, 0.25) is 0 Å². The first-order chi connectivity index (χ1) is 11.1. The Hall–Kier alpha value is -1.46. The van der Waals surface area contributed by atoms with Gasteiger partial charge in [-0.1, -0.05) is 53.5 Å². The molecule has 2 aromatic rings. The first-order valence-corrected chi connectivity index (χ1v) is 8.23. The van der Waals surface area contributed by atoms with Crippen LogP contribution in [-0.2, 0) is 11.3 Å². The van der Waals surface area contributed by atoms with Crippen molar-refractivity contribution >= 4 is 28.9 Å². The van der Waals surface area contributed by atoms with Gasteiger partial charge in [-0.15, -0.1) is 0 Å². The number of hydrogen-bond donors (Lipinski definition) is 1. The average molecular weight is 353 g/mol. The highest BCUT2D eigenvalue weighted by Gasteiger charge is 2.21. The number of halogens is 2. The monoisotopic (exact) mass is 352 g/mol. The maximum absolute atomic E-state index is 9.80. The second-order valence-electron chi connectivity index (χ2n) is 5.37. The number of ether oxygens (including phenoxy) is 1. The minimum Gasteiger partial charge on any atom is -0.505 e. The molecule has 0 unspecified atom stereocenters. The molecule has 0 atom stereocenters. The first kappa shape index (κ1) is 16.4. The Morgan fingerprint density at radius 1 is 1.04 bits per heavy atom. The minimum absolute atomic E-state index is 0.0845. The van der Waals surface area contributed by atoms with Crippen molar-refractivity contribution in [3.63, 3.8) is 0 Å². The van der Waals surface area contributed by atoms with Crippen LogP contribution in [0.25, 0.3) is 0 Å². The van der Waals surface area contributed by atoms with Gasteiger partial charge in [-0.3, -0.25) is 0 Å². The van der Waals surface area contributed by atoms with Gasteiger partial charge in [0.15, 0.2) is 5.75 Å². The van der Waals surface area contributed by atoms with Gasteiger partial charge >= 0.3 is 0 Å². The summed E-state index contributed by atoms with van der Waals surface area (Å²) in [6, 6.07) is 13.7. The summed E-state index contributed by atoms with van der Waals surface area (Å²) in [5.74, 6) is -0.0845. The lowest BCUT2D eigenvalue weighted by Gasteiger charge is -2.39. The molecule has 1 heterocycles. The highest BCUT2D eigenvalue weighted by Crippen LogP contribution is 2.37. The van der Waals surface area contributed by atoms with E-state index in [2.05, 4.69) is 22.2 Å². The quantitative estimate of drug-likeness (QED) is 0.903. The molecule has 0 aliphatic carbocycles. The van der Waals surface area contributed by atoms with E-state index in [-0.39, 0.29) is 15.8 Å².